The van der Waals surface area contributed by atoms with Crippen molar-refractivity contribution in [3.05, 3.63) is 33.4 Å². The van der Waals surface area contributed by atoms with E-state index in [9.17, 15) is 4.79 Å². The zero-order valence-electron chi connectivity index (χ0n) is 15.7. The van der Waals surface area contributed by atoms with Crippen molar-refractivity contribution in [3.63, 3.8) is 0 Å². The minimum Gasteiger partial charge on any atom is -0.444 e. The monoisotopic (exact) mass is 406 g/mol. The SMILES string of the molecule is Cc1c(C2CCN(C(=O)OC(C)(C)C)CC2)ccc2[nH]c(Br)c(C)c12. The molecule has 4 nitrogen and oxygen atoms in total. The molecule has 0 atom stereocenters. The number of nitrogens with one attached hydrogen (secondary N) is 1. The van der Waals surface area contributed by atoms with Crippen LogP contribution >= 0.6 is 15.9 Å². The Labute approximate surface area is 158 Å². The molecule has 1 aliphatic rings. The zero-order chi connectivity index (χ0) is 18.4. The Morgan fingerprint density at radius 2 is 1.84 bits per heavy atom. The Morgan fingerprint density at radius 3 is 2.44 bits per heavy atom. The van der Waals surface area contributed by atoms with Gasteiger partial charge in [-0.25, -0.2) is 4.79 Å². The van der Waals surface area contributed by atoms with Crippen molar-refractivity contribution in [2.75, 3.05) is 13.1 Å². The van der Waals surface area contributed by atoms with Crippen LogP contribution in [-0.4, -0.2) is 34.7 Å². The van der Waals surface area contributed by atoms with E-state index in [0.29, 0.717) is 5.92 Å². The van der Waals surface area contributed by atoms with Crippen LogP contribution in [0.2, 0.25) is 0 Å². The average Bonchev–Trinajstić information content (AvgIpc) is 2.82. The van der Waals surface area contributed by atoms with Crippen LogP contribution in [0.25, 0.3) is 10.9 Å². The quantitative estimate of drug-likeness (QED) is 0.663. The molecular formula is C20H27BrN2O2. The van der Waals surface area contributed by atoms with Gasteiger partial charge < -0.3 is 14.6 Å². The molecule has 0 bridgehead atoms. The summed E-state index contributed by atoms with van der Waals surface area (Å²) in [4.78, 5) is 17.5. The van der Waals surface area contributed by atoms with Gasteiger partial charge in [0.2, 0.25) is 0 Å². The summed E-state index contributed by atoms with van der Waals surface area (Å²) >= 11 is 3.60. The Morgan fingerprint density at radius 1 is 1.20 bits per heavy atom. The third kappa shape index (κ3) is 3.71. The number of ether oxygens (including phenoxy) is 1. The summed E-state index contributed by atoms with van der Waals surface area (Å²) in [7, 11) is 0. The number of carbonyl (C=O) groups is 1. The number of carbonyl (C=O) groups excluding carboxylic acids is 1. The van der Waals surface area contributed by atoms with Crippen LogP contribution in [0.5, 0.6) is 0 Å². The van der Waals surface area contributed by atoms with E-state index in [4.69, 9.17) is 4.74 Å². The first kappa shape index (κ1) is 18.3. The molecular weight excluding hydrogens is 380 g/mol. The van der Waals surface area contributed by atoms with Gasteiger partial charge in [-0.3, -0.25) is 0 Å². The maximum absolute atomic E-state index is 12.2. The van der Waals surface area contributed by atoms with Crippen LogP contribution in [0.15, 0.2) is 16.7 Å². The molecule has 1 saturated heterocycles. The van der Waals surface area contributed by atoms with Crippen molar-refractivity contribution in [2.45, 2.75) is 59.0 Å². The van der Waals surface area contributed by atoms with E-state index in [1.165, 1.54) is 27.6 Å². The average molecular weight is 407 g/mol. The molecule has 1 fully saturated rings. The summed E-state index contributed by atoms with van der Waals surface area (Å²) < 4.78 is 6.55. The number of nitrogens with zero attached hydrogens (tertiary/aromatic N) is 1. The largest absolute Gasteiger partial charge is 0.444 e. The smallest absolute Gasteiger partial charge is 0.410 e. The van der Waals surface area contributed by atoms with Gasteiger partial charge in [0.15, 0.2) is 0 Å². The number of hydrogen-bond acceptors (Lipinski definition) is 2. The van der Waals surface area contributed by atoms with Gasteiger partial charge >= 0.3 is 6.09 Å². The molecule has 0 unspecified atom stereocenters. The van der Waals surface area contributed by atoms with E-state index in [0.717, 1.165) is 30.5 Å². The molecule has 0 spiro atoms. The normalized spacial score (nSPS) is 16.5. The van der Waals surface area contributed by atoms with Gasteiger partial charge in [0.1, 0.15) is 5.60 Å². The number of aromatic amines is 1. The topological polar surface area (TPSA) is 45.3 Å². The molecule has 5 heteroatoms. The first-order chi connectivity index (χ1) is 11.7. The summed E-state index contributed by atoms with van der Waals surface area (Å²) in [5.41, 5.74) is 4.77. The molecule has 0 saturated carbocycles. The summed E-state index contributed by atoms with van der Waals surface area (Å²) in [5.74, 6) is 0.496. The van der Waals surface area contributed by atoms with Crippen LogP contribution in [0.1, 0.15) is 56.2 Å². The van der Waals surface area contributed by atoms with Crippen molar-refractivity contribution in [1.29, 1.82) is 0 Å². The number of amides is 1. The summed E-state index contributed by atoms with van der Waals surface area (Å²) in [5, 5.41) is 1.32. The first-order valence-corrected chi connectivity index (χ1v) is 9.72. The highest BCUT2D eigenvalue weighted by Crippen LogP contribution is 2.36. The third-order valence-corrected chi connectivity index (χ3v) is 5.84. The van der Waals surface area contributed by atoms with Crippen molar-refractivity contribution >= 4 is 32.9 Å². The summed E-state index contributed by atoms with van der Waals surface area (Å²) in [6.07, 6.45) is 1.77. The van der Waals surface area contributed by atoms with Crippen LogP contribution in [0, 0.1) is 13.8 Å². The van der Waals surface area contributed by atoms with Gasteiger partial charge in [-0.05, 0) is 92.1 Å². The lowest BCUT2D eigenvalue weighted by molar-refractivity contribution is 0.0205. The number of aromatic nitrogens is 1. The van der Waals surface area contributed by atoms with Crippen LogP contribution in [-0.2, 0) is 4.74 Å². The Hall–Kier alpha value is -1.49. The number of fused-ring (bicyclic) bond motifs is 1. The third-order valence-electron chi connectivity index (χ3n) is 5.04. The van der Waals surface area contributed by atoms with Crippen LogP contribution < -0.4 is 0 Å². The predicted molar refractivity (Wildman–Crippen MR) is 105 cm³/mol. The van der Waals surface area contributed by atoms with E-state index in [1.807, 2.05) is 25.7 Å². The lowest BCUT2D eigenvalue weighted by atomic mass is 9.85. The van der Waals surface area contributed by atoms with E-state index in [-0.39, 0.29) is 6.09 Å². The number of aryl methyl sites for hydroxylation is 2. The molecule has 2 heterocycles. The predicted octanol–water partition coefficient (Wildman–Crippen LogP) is 5.66. The Kier molecular flexibility index (Phi) is 4.89. The molecule has 1 N–H and O–H groups in total. The summed E-state index contributed by atoms with van der Waals surface area (Å²) in [6, 6.07) is 4.42. The molecule has 1 aromatic heterocycles. The lowest BCUT2D eigenvalue weighted by Crippen LogP contribution is -2.41. The molecule has 0 aliphatic carbocycles. The molecule has 1 aromatic carbocycles. The van der Waals surface area contributed by atoms with Crippen molar-refractivity contribution in [1.82, 2.24) is 9.88 Å². The highest BCUT2D eigenvalue weighted by molar-refractivity contribution is 9.10. The second-order valence-corrected chi connectivity index (χ2v) is 8.80. The van der Waals surface area contributed by atoms with Gasteiger partial charge in [-0.15, -0.1) is 0 Å². The lowest BCUT2D eigenvalue weighted by Gasteiger charge is -2.34. The second-order valence-electron chi connectivity index (χ2n) is 8.01. The van der Waals surface area contributed by atoms with Crippen LogP contribution in [0.4, 0.5) is 4.79 Å². The van der Waals surface area contributed by atoms with Crippen molar-refractivity contribution in [3.8, 4) is 0 Å². The summed E-state index contributed by atoms with van der Waals surface area (Å²) in [6.45, 7) is 11.6. The Balaban J connectivity index is 1.75. The number of piperidine rings is 1. The number of halogens is 1. The second kappa shape index (κ2) is 6.67. The fourth-order valence-electron chi connectivity index (χ4n) is 3.78. The molecule has 0 radical (unpaired) electrons. The molecule has 136 valence electrons. The zero-order valence-corrected chi connectivity index (χ0v) is 17.3. The maximum atomic E-state index is 12.2. The highest BCUT2D eigenvalue weighted by Gasteiger charge is 2.28. The van der Waals surface area contributed by atoms with Gasteiger partial charge in [0.25, 0.3) is 0 Å². The minimum atomic E-state index is -0.436. The van der Waals surface area contributed by atoms with E-state index in [1.54, 1.807) is 0 Å². The Bertz CT molecular complexity index is 796. The van der Waals surface area contributed by atoms with Crippen molar-refractivity contribution in [2.24, 2.45) is 0 Å². The molecule has 3 rings (SSSR count). The minimum absolute atomic E-state index is 0.191. The number of H-pyrrole nitrogens is 1. The first-order valence-electron chi connectivity index (χ1n) is 8.92. The van der Waals surface area contributed by atoms with Gasteiger partial charge in [-0.1, -0.05) is 6.07 Å². The van der Waals surface area contributed by atoms with Crippen LogP contribution in [0.3, 0.4) is 0 Å². The highest BCUT2D eigenvalue weighted by atomic mass is 79.9. The molecule has 1 amide bonds. The molecule has 25 heavy (non-hydrogen) atoms. The number of likely N-dealkylation sites (tertiary alicyclic amines) is 1. The van der Waals surface area contributed by atoms with Gasteiger partial charge in [0, 0.05) is 24.0 Å². The number of rotatable bonds is 1. The molecule has 2 aromatic rings. The standard InChI is InChI=1S/C20H27BrN2O2/c1-12-15(6-7-16-17(12)13(2)18(21)22-16)14-8-10-23(11-9-14)19(24)25-20(3,4)5/h6-7,14,22H,8-11H2,1-5H3. The van der Waals surface area contributed by atoms with Gasteiger partial charge in [0.05, 0.1) is 4.60 Å². The van der Waals surface area contributed by atoms with Gasteiger partial charge in [-0.2, -0.15) is 0 Å². The molecule has 1 aliphatic heterocycles. The van der Waals surface area contributed by atoms with E-state index < -0.39 is 5.60 Å². The maximum Gasteiger partial charge on any atom is 0.410 e. The van der Waals surface area contributed by atoms with E-state index in [2.05, 4.69) is 46.9 Å². The fraction of sp³-hybridized carbons (Fsp3) is 0.550. The van der Waals surface area contributed by atoms with Crippen molar-refractivity contribution < 1.29 is 9.53 Å². The number of hydrogen-bond donors (Lipinski definition) is 1. The van der Waals surface area contributed by atoms with E-state index >= 15 is 0 Å². The fourth-order valence-corrected chi connectivity index (χ4v) is 4.19. The number of benzene rings is 1.